The number of aryl methyl sites for hydroxylation is 1. The van der Waals surface area contributed by atoms with E-state index in [2.05, 4.69) is 73.9 Å². The van der Waals surface area contributed by atoms with Gasteiger partial charge >= 0.3 is 0 Å². The van der Waals surface area contributed by atoms with Gasteiger partial charge in [0.25, 0.3) is 0 Å². The summed E-state index contributed by atoms with van der Waals surface area (Å²) in [4.78, 5) is 1.37. The monoisotopic (exact) mass is 383 g/mol. The highest BCUT2D eigenvalue weighted by Crippen LogP contribution is 2.11. The van der Waals surface area contributed by atoms with Crippen molar-refractivity contribution >= 4 is 0 Å². The van der Waals surface area contributed by atoms with Crippen LogP contribution in [0.25, 0.3) is 0 Å². The fourth-order valence-corrected chi connectivity index (χ4v) is 3.39. The number of aromatic nitrogens is 1. The molecule has 28 heavy (non-hydrogen) atoms. The number of hydrogen-bond donors (Lipinski definition) is 2. The lowest BCUT2D eigenvalue weighted by Gasteiger charge is -2.24. The number of ether oxygens (including phenoxy) is 1. The van der Waals surface area contributed by atoms with E-state index in [0.717, 1.165) is 26.1 Å². The molecule has 0 fully saturated rings. The van der Waals surface area contributed by atoms with Crippen molar-refractivity contribution in [2.24, 2.45) is 5.92 Å². The van der Waals surface area contributed by atoms with Gasteiger partial charge in [-0.05, 0) is 42.5 Å². The zero-order valence-electron chi connectivity index (χ0n) is 17.5. The minimum Gasteiger partial charge on any atom is -0.385 e. The van der Waals surface area contributed by atoms with Gasteiger partial charge in [0.2, 0.25) is 0 Å². The van der Waals surface area contributed by atoms with E-state index in [1.807, 2.05) is 0 Å². The normalized spacial score (nSPS) is 13.4. The van der Waals surface area contributed by atoms with Crippen LogP contribution in [0.2, 0.25) is 0 Å². The molecule has 0 bridgehead atoms. The predicted octanol–water partition coefficient (Wildman–Crippen LogP) is 2.29. The Hall–Kier alpha value is -2.06. The predicted molar refractivity (Wildman–Crippen MR) is 114 cm³/mol. The van der Waals surface area contributed by atoms with E-state index in [1.54, 1.807) is 0 Å². The molecular weight excluding hydrogens is 348 g/mol. The number of benzene rings is 1. The number of terminal acetylenes is 1. The van der Waals surface area contributed by atoms with Crippen molar-refractivity contribution in [3.8, 4) is 12.3 Å². The van der Waals surface area contributed by atoms with Crippen molar-refractivity contribution in [3.05, 3.63) is 59.4 Å². The van der Waals surface area contributed by atoms with Gasteiger partial charge in [-0.15, -0.1) is 6.42 Å². The smallest absolute Gasteiger partial charge is 0.126 e. The SMILES string of the molecule is C#CCOC[C@@H](O)C[NH+](CCC(C)C)Cc1cccn1Cc1ccccc1C. The molecule has 1 heterocycles. The fourth-order valence-electron chi connectivity index (χ4n) is 3.39. The Bertz CT molecular complexity index is 745. The van der Waals surface area contributed by atoms with Gasteiger partial charge in [-0.1, -0.05) is 44.0 Å². The molecule has 4 nitrogen and oxygen atoms in total. The Balaban J connectivity index is 2.03. The number of nitrogens with one attached hydrogen (secondary N) is 1. The molecule has 1 unspecified atom stereocenters. The third-order valence-electron chi connectivity index (χ3n) is 5.05. The van der Waals surface area contributed by atoms with E-state index in [4.69, 9.17) is 11.2 Å². The van der Waals surface area contributed by atoms with E-state index in [1.165, 1.54) is 21.7 Å². The van der Waals surface area contributed by atoms with E-state index < -0.39 is 6.10 Å². The number of aliphatic hydroxyl groups is 1. The van der Waals surface area contributed by atoms with Gasteiger partial charge in [-0.2, -0.15) is 0 Å². The minimum atomic E-state index is -0.504. The van der Waals surface area contributed by atoms with Gasteiger partial charge in [0, 0.05) is 12.7 Å². The lowest BCUT2D eigenvalue weighted by atomic mass is 10.1. The first-order valence-corrected chi connectivity index (χ1v) is 10.2. The first-order valence-electron chi connectivity index (χ1n) is 10.2. The first kappa shape index (κ1) is 22.2. The van der Waals surface area contributed by atoms with Gasteiger partial charge in [0.15, 0.2) is 0 Å². The molecule has 4 heteroatoms. The minimum absolute atomic E-state index is 0.248. The maximum absolute atomic E-state index is 10.4. The van der Waals surface area contributed by atoms with Crippen LogP contribution in [0.15, 0.2) is 42.6 Å². The van der Waals surface area contributed by atoms with Gasteiger partial charge in [-0.25, -0.2) is 0 Å². The molecule has 0 radical (unpaired) electrons. The molecular formula is C24H35N2O2+. The summed E-state index contributed by atoms with van der Waals surface area (Å²) in [6.07, 6.45) is 7.99. The Morgan fingerprint density at radius 3 is 2.71 bits per heavy atom. The lowest BCUT2D eigenvalue weighted by Crippen LogP contribution is -3.12. The molecule has 1 aromatic heterocycles. The molecule has 0 aliphatic carbocycles. The zero-order valence-corrected chi connectivity index (χ0v) is 17.5. The summed E-state index contributed by atoms with van der Waals surface area (Å²) < 4.78 is 7.64. The van der Waals surface area contributed by atoms with Crippen molar-refractivity contribution in [2.75, 3.05) is 26.3 Å². The van der Waals surface area contributed by atoms with Gasteiger partial charge in [0.05, 0.1) is 18.8 Å². The summed E-state index contributed by atoms with van der Waals surface area (Å²) >= 11 is 0. The van der Waals surface area contributed by atoms with Crippen molar-refractivity contribution in [3.63, 3.8) is 0 Å². The van der Waals surface area contributed by atoms with Crippen LogP contribution >= 0.6 is 0 Å². The molecule has 0 aliphatic rings. The maximum atomic E-state index is 10.4. The molecule has 0 aliphatic heterocycles. The Labute approximate surface area is 170 Å². The van der Waals surface area contributed by atoms with Crippen molar-refractivity contribution in [1.82, 2.24) is 4.57 Å². The summed E-state index contributed by atoms with van der Waals surface area (Å²) in [6, 6.07) is 12.8. The molecule has 2 aromatic rings. The van der Waals surface area contributed by atoms with E-state index in [9.17, 15) is 5.11 Å². The summed E-state index contributed by atoms with van der Waals surface area (Å²) in [5, 5.41) is 10.4. The first-order chi connectivity index (χ1) is 13.5. The van der Waals surface area contributed by atoms with Crippen LogP contribution in [0.1, 0.15) is 37.1 Å². The standard InChI is InChI=1S/C24H34N2O2/c1-5-15-28-19-24(27)18-25(14-12-20(2)3)17-23-11-8-13-26(23)16-22-10-7-6-9-21(22)4/h1,6-11,13,20,24,27H,12,14-19H2,2-4H3/p+1/t24-/m0/s1. The molecule has 0 amide bonds. The third kappa shape index (κ3) is 7.52. The number of aliphatic hydroxyl groups excluding tert-OH is 1. The van der Waals surface area contributed by atoms with Crippen LogP contribution in [0.5, 0.6) is 0 Å². The Morgan fingerprint density at radius 1 is 1.21 bits per heavy atom. The molecule has 2 N–H and O–H groups in total. The summed E-state index contributed by atoms with van der Waals surface area (Å²) in [5.41, 5.74) is 3.94. The van der Waals surface area contributed by atoms with Gasteiger partial charge < -0.3 is 19.3 Å². The Morgan fingerprint density at radius 2 is 2.00 bits per heavy atom. The number of quaternary nitrogens is 1. The highest BCUT2D eigenvalue weighted by atomic mass is 16.5. The molecule has 2 rings (SSSR count). The van der Waals surface area contributed by atoms with Crippen LogP contribution in [0, 0.1) is 25.2 Å². The molecule has 0 saturated carbocycles. The highest BCUT2D eigenvalue weighted by Gasteiger charge is 2.18. The third-order valence-corrected chi connectivity index (χ3v) is 5.05. The second kappa shape index (κ2) is 11.7. The second-order valence-corrected chi connectivity index (χ2v) is 7.99. The van der Waals surface area contributed by atoms with Crippen molar-refractivity contribution in [1.29, 1.82) is 0 Å². The van der Waals surface area contributed by atoms with Crippen LogP contribution in [0.4, 0.5) is 0 Å². The van der Waals surface area contributed by atoms with Crippen molar-refractivity contribution < 1.29 is 14.7 Å². The molecule has 0 spiro atoms. The topological polar surface area (TPSA) is 38.8 Å². The summed E-state index contributed by atoms with van der Waals surface area (Å²) in [7, 11) is 0. The second-order valence-electron chi connectivity index (χ2n) is 7.99. The average Bonchev–Trinajstić information content (AvgIpc) is 3.08. The van der Waals surface area contributed by atoms with E-state index >= 15 is 0 Å². The summed E-state index contributed by atoms with van der Waals surface area (Å²) in [5.74, 6) is 3.09. The van der Waals surface area contributed by atoms with Gasteiger partial charge in [0.1, 0.15) is 25.8 Å². The largest absolute Gasteiger partial charge is 0.385 e. The summed E-state index contributed by atoms with van der Waals surface area (Å²) in [6.45, 7) is 10.6. The molecule has 2 atom stereocenters. The molecule has 0 saturated heterocycles. The van der Waals surface area contributed by atoms with Crippen LogP contribution in [0.3, 0.4) is 0 Å². The maximum Gasteiger partial charge on any atom is 0.126 e. The van der Waals surface area contributed by atoms with Crippen LogP contribution in [-0.2, 0) is 17.8 Å². The van der Waals surface area contributed by atoms with E-state index in [0.29, 0.717) is 19.1 Å². The molecule has 152 valence electrons. The number of rotatable bonds is 12. The highest BCUT2D eigenvalue weighted by molar-refractivity contribution is 5.26. The zero-order chi connectivity index (χ0) is 20.4. The Kier molecular flexibility index (Phi) is 9.30. The fraction of sp³-hybridized carbons (Fsp3) is 0.500. The number of nitrogens with zero attached hydrogens (tertiary/aromatic N) is 1. The van der Waals surface area contributed by atoms with Gasteiger partial charge in [-0.3, -0.25) is 0 Å². The number of hydrogen-bond acceptors (Lipinski definition) is 2. The van der Waals surface area contributed by atoms with Crippen molar-refractivity contribution in [2.45, 2.75) is 46.4 Å². The van der Waals surface area contributed by atoms with E-state index in [-0.39, 0.29) is 6.61 Å². The quantitative estimate of drug-likeness (QED) is 0.436. The molecule has 1 aromatic carbocycles. The van der Waals surface area contributed by atoms with Crippen LogP contribution in [-0.4, -0.2) is 42.1 Å². The lowest BCUT2D eigenvalue weighted by molar-refractivity contribution is -0.917. The average molecular weight is 384 g/mol. The van der Waals surface area contributed by atoms with Crippen LogP contribution < -0.4 is 4.90 Å².